The quantitative estimate of drug-likeness (QED) is 0.376. The molecule has 0 radical (unpaired) electrons. The summed E-state index contributed by atoms with van der Waals surface area (Å²) in [6.45, 7) is 3.11. The Morgan fingerprint density at radius 3 is 2.53 bits per heavy atom. The number of carbonyl (C=O) groups is 2. The van der Waals surface area contributed by atoms with E-state index in [9.17, 15) is 22.8 Å². The number of anilines is 2. The number of hydrogen-bond acceptors (Lipinski definition) is 6. The molecule has 1 aromatic carbocycles. The summed E-state index contributed by atoms with van der Waals surface area (Å²) in [5, 5.41) is 2.71. The highest BCUT2D eigenvalue weighted by molar-refractivity contribution is 6.04. The van der Waals surface area contributed by atoms with Crippen LogP contribution in [0, 0.1) is 0 Å². The van der Waals surface area contributed by atoms with Gasteiger partial charge < -0.3 is 16.0 Å². The third-order valence-corrected chi connectivity index (χ3v) is 6.35. The van der Waals surface area contributed by atoms with E-state index in [1.165, 1.54) is 6.20 Å². The number of amides is 2. The molecule has 0 aliphatic carbocycles. The molecular weight excluding hydrogens is 499 g/mol. The first kappa shape index (κ1) is 24.9. The lowest BCUT2D eigenvalue weighted by molar-refractivity contribution is -0.140. The summed E-state index contributed by atoms with van der Waals surface area (Å²) in [5.74, 6) is -0.592. The predicted molar refractivity (Wildman–Crippen MR) is 134 cm³/mol. The van der Waals surface area contributed by atoms with Gasteiger partial charge >= 0.3 is 6.18 Å². The van der Waals surface area contributed by atoms with Gasteiger partial charge in [0.05, 0.1) is 6.04 Å². The van der Waals surface area contributed by atoms with Crippen molar-refractivity contribution >= 4 is 29.0 Å². The summed E-state index contributed by atoms with van der Waals surface area (Å²) < 4.78 is 41.2. The highest BCUT2D eigenvalue weighted by atomic mass is 19.4. The van der Waals surface area contributed by atoms with Crippen molar-refractivity contribution in [1.29, 1.82) is 0 Å². The number of halogens is 3. The third kappa shape index (κ3) is 4.56. The van der Waals surface area contributed by atoms with E-state index in [0.29, 0.717) is 46.8 Å². The number of fused-ring (bicyclic) bond motifs is 1. The number of imidazole rings is 1. The van der Waals surface area contributed by atoms with Crippen LogP contribution in [0.4, 0.5) is 24.8 Å². The standard InChI is InChI=1S/C26H22F3N7O2/c1-15(26(27,28)29)25(38)35-13-4-5-18(35)23-34-20(21-22(30)32-12-14-36(21)23)16-7-9-17(10-8-16)24(37)33-19-6-2-3-11-31-19/h2-3,6-12,14,18H,1,4-5,13H2,(H2,30,32)(H,31,33,37). The summed E-state index contributed by atoms with van der Waals surface area (Å²) in [6, 6.07) is 11.1. The number of likely N-dealkylation sites (tertiary alicyclic amines) is 1. The number of nitrogens with two attached hydrogens (primary N) is 1. The average molecular weight is 522 g/mol. The maximum Gasteiger partial charge on any atom is 0.421 e. The van der Waals surface area contributed by atoms with Gasteiger partial charge in [0, 0.05) is 36.3 Å². The number of carbonyl (C=O) groups excluding carboxylic acids is 2. The van der Waals surface area contributed by atoms with Crippen LogP contribution in [0.1, 0.15) is 35.1 Å². The molecule has 1 fully saturated rings. The Hall–Kier alpha value is -4.74. The summed E-state index contributed by atoms with van der Waals surface area (Å²) >= 11 is 0. The highest BCUT2D eigenvalue weighted by Crippen LogP contribution is 2.38. The molecule has 3 aromatic heterocycles. The highest BCUT2D eigenvalue weighted by Gasteiger charge is 2.43. The molecule has 3 N–H and O–H groups in total. The van der Waals surface area contributed by atoms with Crippen molar-refractivity contribution < 1.29 is 22.8 Å². The molecule has 2 amide bonds. The smallest absolute Gasteiger partial charge is 0.382 e. The molecule has 0 spiro atoms. The Labute approximate surface area is 214 Å². The van der Waals surface area contributed by atoms with Crippen molar-refractivity contribution in [3.05, 3.63) is 84.6 Å². The number of nitrogens with zero attached hydrogens (tertiary/aromatic N) is 5. The van der Waals surface area contributed by atoms with Crippen LogP contribution < -0.4 is 11.1 Å². The predicted octanol–water partition coefficient (Wildman–Crippen LogP) is 4.41. The monoisotopic (exact) mass is 521 g/mol. The number of nitrogens with one attached hydrogen (secondary N) is 1. The number of benzene rings is 1. The fraction of sp³-hybridized carbons (Fsp3) is 0.192. The van der Waals surface area contributed by atoms with Gasteiger partial charge in [-0.05, 0) is 37.1 Å². The first-order chi connectivity index (χ1) is 18.1. The van der Waals surface area contributed by atoms with Crippen molar-refractivity contribution in [1.82, 2.24) is 24.3 Å². The normalized spacial score (nSPS) is 15.6. The minimum atomic E-state index is -4.83. The number of hydrogen-bond donors (Lipinski definition) is 2. The fourth-order valence-electron chi connectivity index (χ4n) is 4.50. The molecular formula is C26H22F3N7O2. The molecule has 194 valence electrons. The Balaban J connectivity index is 1.49. The van der Waals surface area contributed by atoms with E-state index in [1.807, 2.05) is 0 Å². The van der Waals surface area contributed by atoms with Gasteiger partial charge in [-0.15, -0.1) is 0 Å². The molecule has 1 aliphatic heterocycles. The van der Waals surface area contributed by atoms with E-state index in [-0.39, 0.29) is 18.3 Å². The van der Waals surface area contributed by atoms with Crippen LogP contribution in [0.25, 0.3) is 16.8 Å². The van der Waals surface area contributed by atoms with Gasteiger partial charge in [0.25, 0.3) is 11.8 Å². The summed E-state index contributed by atoms with van der Waals surface area (Å²) in [6.07, 6.45) is 0.722. The van der Waals surface area contributed by atoms with Crippen LogP contribution in [0.3, 0.4) is 0 Å². The SMILES string of the molecule is C=C(C(=O)N1CCCC1c1nc(-c2ccc(C(=O)Nc3ccccn3)cc2)c2c(N)nccn12)C(F)(F)F. The maximum absolute atomic E-state index is 13.2. The van der Waals surface area contributed by atoms with E-state index in [4.69, 9.17) is 10.7 Å². The second-order valence-corrected chi connectivity index (χ2v) is 8.73. The van der Waals surface area contributed by atoms with E-state index in [2.05, 4.69) is 21.9 Å². The summed E-state index contributed by atoms with van der Waals surface area (Å²) in [4.78, 5) is 39.4. The van der Waals surface area contributed by atoms with E-state index in [1.54, 1.807) is 59.3 Å². The molecule has 1 saturated heterocycles. The van der Waals surface area contributed by atoms with Crippen molar-refractivity contribution in [3.63, 3.8) is 0 Å². The van der Waals surface area contributed by atoms with Crippen LogP contribution >= 0.6 is 0 Å². The zero-order valence-corrected chi connectivity index (χ0v) is 19.9. The number of nitrogen functional groups attached to an aromatic ring is 1. The Kier molecular flexibility index (Phi) is 6.31. The molecule has 4 aromatic rings. The zero-order valence-electron chi connectivity index (χ0n) is 19.9. The molecule has 0 saturated carbocycles. The number of aromatic nitrogens is 4. The molecule has 9 nitrogen and oxygen atoms in total. The Morgan fingerprint density at radius 2 is 1.84 bits per heavy atom. The Morgan fingerprint density at radius 1 is 1.08 bits per heavy atom. The first-order valence-corrected chi connectivity index (χ1v) is 11.7. The van der Waals surface area contributed by atoms with Crippen molar-refractivity contribution in [2.45, 2.75) is 25.1 Å². The molecule has 1 unspecified atom stereocenters. The largest absolute Gasteiger partial charge is 0.421 e. The molecule has 38 heavy (non-hydrogen) atoms. The molecule has 1 atom stereocenters. The zero-order chi connectivity index (χ0) is 27.0. The van der Waals surface area contributed by atoms with Crippen molar-refractivity contribution in [3.8, 4) is 11.3 Å². The second kappa shape index (κ2) is 9.61. The van der Waals surface area contributed by atoms with Crippen molar-refractivity contribution in [2.75, 3.05) is 17.6 Å². The summed E-state index contributed by atoms with van der Waals surface area (Å²) in [7, 11) is 0. The number of pyridine rings is 1. The average Bonchev–Trinajstić information content (AvgIpc) is 3.54. The topological polar surface area (TPSA) is 119 Å². The fourth-order valence-corrected chi connectivity index (χ4v) is 4.50. The van der Waals surface area contributed by atoms with Gasteiger partial charge in [-0.1, -0.05) is 24.8 Å². The van der Waals surface area contributed by atoms with Crippen LogP contribution in [0.5, 0.6) is 0 Å². The molecule has 1 aliphatic rings. The van der Waals surface area contributed by atoms with E-state index < -0.39 is 23.7 Å². The molecule has 5 rings (SSSR count). The van der Waals surface area contributed by atoms with E-state index in [0.717, 1.165) is 4.90 Å². The molecule has 4 heterocycles. The number of rotatable bonds is 5. The van der Waals surface area contributed by atoms with Gasteiger partial charge in [0.1, 0.15) is 34.2 Å². The number of alkyl halides is 3. The minimum absolute atomic E-state index is 0.142. The molecule has 0 bridgehead atoms. The lowest BCUT2D eigenvalue weighted by Crippen LogP contribution is -2.36. The lowest BCUT2D eigenvalue weighted by Gasteiger charge is -2.25. The van der Waals surface area contributed by atoms with Gasteiger partial charge in [0.2, 0.25) is 0 Å². The van der Waals surface area contributed by atoms with Gasteiger partial charge in [-0.2, -0.15) is 13.2 Å². The summed E-state index contributed by atoms with van der Waals surface area (Å²) in [5.41, 5.74) is 6.62. The van der Waals surface area contributed by atoms with Gasteiger partial charge in [0.15, 0.2) is 0 Å². The minimum Gasteiger partial charge on any atom is -0.382 e. The van der Waals surface area contributed by atoms with E-state index >= 15 is 0 Å². The maximum atomic E-state index is 13.2. The van der Waals surface area contributed by atoms with Crippen LogP contribution in [-0.2, 0) is 4.79 Å². The Bertz CT molecular complexity index is 1530. The van der Waals surface area contributed by atoms with Crippen molar-refractivity contribution in [2.24, 2.45) is 0 Å². The lowest BCUT2D eigenvalue weighted by atomic mass is 10.1. The molecule has 12 heteroatoms. The van der Waals surface area contributed by atoms with Crippen LogP contribution in [-0.4, -0.2) is 48.8 Å². The third-order valence-electron chi connectivity index (χ3n) is 6.35. The van der Waals surface area contributed by atoms with Gasteiger partial charge in [-0.3, -0.25) is 14.0 Å². The first-order valence-electron chi connectivity index (χ1n) is 11.7. The second-order valence-electron chi connectivity index (χ2n) is 8.73. The van der Waals surface area contributed by atoms with Gasteiger partial charge in [-0.25, -0.2) is 15.0 Å². The van der Waals surface area contributed by atoms with Crippen LogP contribution in [0.2, 0.25) is 0 Å². The van der Waals surface area contributed by atoms with Crippen LogP contribution in [0.15, 0.2) is 73.2 Å².